The highest BCUT2D eigenvalue weighted by Gasteiger charge is 2.02. The first kappa shape index (κ1) is 11.5. The molecule has 0 radical (unpaired) electrons. The fourth-order valence-electron chi connectivity index (χ4n) is 1.26. The molecule has 0 aliphatic heterocycles. The van der Waals surface area contributed by atoms with Gasteiger partial charge in [-0.1, -0.05) is 24.9 Å². The Morgan fingerprint density at radius 2 is 2.29 bits per heavy atom. The summed E-state index contributed by atoms with van der Waals surface area (Å²) in [4.78, 5) is 0. The maximum atomic E-state index is 5.89. The summed E-state index contributed by atoms with van der Waals surface area (Å²) < 4.78 is 1.93. The Labute approximate surface area is 90.4 Å². The van der Waals surface area contributed by atoms with Crippen molar-refractivity contribution in [1.29, 1.82) is 0 Å². The van der Waals surface area contributed by atoms with E-state index in [1.54, 1.807) is 6.20 Å². The van der Waals surface area contributed by atoms with Gasteiger partial charge >= 0.3 is 0 Å². The summed E-state index contributed by atoms with van der Waals surface area (Å²) in [6.45, 7) is 7.12. The molecule has 0 atom stereocenters. The van der Waals surface area contributed by atoms with Crippen molar-refractivity contribution in [1.82, 2.24) is 15.1 Å². The molecular formula is C10H18ClN3. The Balaban J connectivity index is 2.21. The highest BCUT2D eigenvalue weighted by Crippen LogP contribution is 2.12. The molecule has 0 aliphatic carbocycles. The molecule has 1 heterocycles. The van der Waals surface area contributed by atoms with E-state index in [-0.39, 0.29) is 0 Å². The fourth-order valence-corrected chi connectivity index (χ4v) is 1.40. The summed E-state index contributed by atoms with van der Waals surface area (Å²) in [5, 5.41) is 8.29. The van der Waals surface area contributed by atoms with Crippen molar-refractivity contribution < 1.29 is 0 Å². The van der Waals surface area contributed by atoms with Crippen LogP contribution in [0.2, 0.25) is 5.02 Å². The first-order valence-corrected chi connectivity index (χ1v) is 5.52. The van der Waals surface area contributed by atoms with E-state index in [2.05, 4.69) is 17.3 Å². The Kier molecular flexibility index (Phi) is 4.98. The first-order chi connectivity index (χ1) is 6.75. The molecule has 80 valence electrons. The molecular weight excluding hydrogens is 198 g/mol. The van der Waals surface area contributed by atoms with Crippen molar-refractivity contribution in [2.45, 2.75) is 33.2 Å². The van der Waals surface area contributed by atoms with Gasteiger partial charge in [-0.25, -0.2) is 0 Å². The summed E-state index contributed by atoms with van der Waals surface area (Å²) in [5.41, 5.74) is 1.05. The first-order valence-electron chi connectivity index (χ1n) is 5.14. The minimum atomic E-state index is 0.749. The SMILES string of the molecule is CCCCNCCn1ncc(Cl)c1C. The van der Waals surface area contributed by atoms with Crippen LogP contribution in [-0.2, 0) is 6.54 Å². The van der Waals surface area contributed by atoms with Gasteiger partial charge in [0.15, 0.2) is 0 Å². The van der Waals surface area contributed by atoms with E-state index in [9.17, 15) is 0 Å². The number of nitrogens with zero attached hydrogens (tertiary/aromatic N) is 2. The van der Waals surface area contributed by atoms with E-state index in [0.29, 0.717) is 0 Å². The van der Waals surface area contributed by atoms with Crippen LogP contribution in [0.1, 0.15) is 25.5 Å². The molecule has 1 aromatic heterocycles. The van der Waals surface area contributed by atoms with Gasteiger partial charge in [-0.3, -0.25) is 4.68 Å². The van der Waals surface area contributed by atoms with Crippen LogP contribution in [0, 0.1) is 6.92 Å². The Morgan fingerprint density at radius 1 is 1.50 bits per heavy atom. The van der Waals surface area contributed by atoms with E-state index in [1.165, 1.54) is 12.8 Å². The van der Waals surface area contributed by atoms with Crippen molar-refractivity contribution >= 4 is 11.6 Å². The van der Waals surface area contributed by atoms with Gasteiger partial charge < -0.3 is 5.32 Å². The standard InChI is InChI=1S/C10H18ClN3/c1-3-4-5-12-6-7-14-9(2)10(11)8-13-14/h8,12H,3-7H2,1-2H3. The summed E-state index contributed by atoms with van der Waals surface area (Å²) in [5.74, 6) is 0. The number of rotatable bonds is 6. The van der Waals surface area contributed by atoms with E-state index >= 15 is 0 Å². The van der Waals surface area contributed by atoms with E-state index in [4.69, 9.17) is 11.6 Å². The minimum Gasteiger partial charge on any atom is -0.315 e. The van der Waals surface area contributed by atoms with E-state index in [1.807, 2.05) is 11.6 Å². The molecule has 0 unspecified atom stereocenters. The number of hydrogen-bond donors (Lipinski definition) is 1. The molecule has 0 fully saturated rings. The fraction of sp³-hybridized carbons (Fsp3) is 0.700. The van der Waals surface area contributed by atoms with Crippen LogP contribution >= 0.6 is 11.6 Å². The molecule has 0 aromatic carbocycles. The van der Waals surface area contributed by atoms with Gasteiger partial charge in [0.05, 0.1) is 23.5 Å². The van der Waals surface area contributed by atoms with Crippen LogP contribution in [-0.4, -0.2) is 22.9 Å². The molecule has 0 saturated carbocycles. The molecule has 1 aromatic rings. The number of halogens is 1. The zero-order valence-corrected chi connectivity index (χ0v) is 9.64. The number of unbranched alkanes of at least 4 members (excludes halogenated alkanes) is 1. The molecule has 0 amide bonds. The summed E-state index contributed by atoms with van der Waals surface area (Å²) in [6, 6.07) is 0. The van der Waals surface area contributed by atoms with Gasteiger partial charge in [0.25, 0.3) is 0 Å². The Bertz CT molecular complexity index is 270. The lowest BCUT2D eigenvalue weighted by Gasteiger charge is -2.05. The van der Waals surface area contributed by atoms with Crippen LogP contribution in [0.25, 0.3) is 0 Å². The Hall–Kier alpha value is -0.540. The lowest BCUT2D eigenvalue weighted by Crippen LogP contribution is -2.21. The zero-order valence-electron chi connectivity index (χ0n) is 8.89. The predicted octanol–water partition coefficient (Wildman–Crippen LogP) is 2.23. The predicted molar refractivity (Wildman–Crippen MR) is 59.8 cm³/mol. The second kappa shape index (κ2) is 6.04. The van der Waals surface area contributed by atoms with Gasteiger partial charge in [-0.15, -0.1) is 0 Å². The molecule has 14 heavy (non-hydrogen) atoms. The molecule has 0 bridgehead atoms. The lowest BCUT2D eigenvalue weighted by atomic mass is 10.3. The summed E-state index contributed by atoms with van der Waals surface area (Å²) >= 11 is 5.89. The molecule has 0 aliphatic rings. The maximum Gasteiger partial charge on any atom is 0.0814 e. The second-order valence-corrected chi connectivity index (χ2v) is 3.81. The van der Waals surface area contributed by atoms with Gasteiger partial charge in [0.1, 0.15) is 0 Å². The van der Waals surface area contributed by atoms with E-state index in [0.717, 1.165) is 30.4 Å². The normalized spacial score (nSPS) is 10.8. The van der Waals surface area contributed by atoms with Crippen molar-refractivity contribution in [2.24, 2.45) is 0 Å². The van der Waals surface area contributed by atoms with Gasteiger partial charge in [-0.2, -0.15) is 5.10 Å². The number of nitrogens with one attached hydrogen (secondary N) is 1. The highest BCUT2D eigenvalue weighted by molar-refractivity contribution is 6.31. The molecule has 4 heteroatoms. The van der Waals surface area contributed by atoms with Crippen molar-refractivity contribution in [3.63, 3.8) is 0 Å². The molecule has 1 rings (SSSR count). The summed E-state index contributed by atoms with van der Waals surface area (Å²) in [6.07, 6.45) is 4.17. The molecule has 0 saturated heterocycles. The van der Waals surface area contributed by atoms with Gasteiger partial charge in [0, 0.05) is 6.54 Å². The lowest BCUT2D eigenvalue weighted by molar-refractivity contribution is 0.537. The van der Waals surface area contributed by atoms with Crippen LogP contribution in [0.4, 0.5) is 0 Å². The largest absolute Gasteiger partial charge is 0.315 e. The average molecular weight is 216 g/mol. The topological polar surface area (TPSA) is 29.9 Å². The third-order valence-electron chi connectivity index (χ3n) is 2.25. The number of hydrogen-bond acceptors (Lipinski definition) is 2. The molecule has 1 N–H and O–H groups in total. The van der Waals surface area contributed by atoms with Gasteiger partial charge in [0.2, 0.25) is 0 Å². The van der Waals surface area contributed by atoms with Crippen molar-refractivity contribution in [2.75, 3.05) is 13.1 Å². The molecule has 3 nitrogen and oxygen atoms in total. The Morgan fingerprint density at radius 3 is 2.86 bits per heavy atom. The van der Waals surface area contributed by atoms with Crippen LogP contribution in [0.5, 0.6) is 0 Å². The van der Waals surface area contributed by atoms with Crippen molar-refractivity contribution in [3.8, 4) is 0 Å². The maximum absolute atomic E-state index is 5.89. The van der Waals surface area contributed by atoms with Crippen LogP contribution < -0.4 is 5.32 Å². The van der Waals surface area contributed by atoms with Crippen molar-refractivity contribution in [3.05, 3.63) is 16.9 Å². The van der Waals surface area contributed by atoms with E-state index < -0.39 is 0 Å². The zero-order chi connectivity index (χ0) is 10.4. The summed E-state index contributed by atoms with van der Waals surface area (Å²) in [7, 11) is 0. The highest BCUT2D eigenvalue weighted by atomic mass is 35.5. The van der Waals surface area contributed by atoms with Crippen LogP contribution in [0.3, 0.4) is 0 Å². The number of aromatic nitrogens is 2. The van der Waals surface area contributed by atoms with Gasteiger partial charge in [-0.05, 0) is 19.9 Å². The van der Waals surface area contributed by atoms with Crippen LogP contribution in [0.15, 0.2) is 6.20 Å². The third-order valence-corrected chi connectivity index (χ3v) is 2.62. The monoisotopic (exact) mass is 215 g/mol. The second-order valence-electron chi connectivity index (χ2n) is 3.40. The smallest absolute Gasteiger partial charge is 0.0814 e. The third kappa shape index (κ3) is 3.31. The average Bonchev–Trinajstić information content (AvgIpc) is 2.49. The molecule has 0 spiro atoms. The quantitative estimate of drug-likeness (QED) is 0.738. The minimum absolute atomic E-state index is 0.749.